The second-order valence-corrected chi connectivity index (χ2v) is 5.26. The molecule has 2 rings (SSSR count). The first-order chi connectivity index (χ1) is 11.6. The van der Waals surface area contributed by atoms with Gasteiger partial charge in [0.05, 0.1) is 19.9 Å². The van der Waals surface area contributed by atoms with Gasteiger partial charge in [0, 0.05) is 18.2 Å². The largest absolute Gasteiger partial charge is 0.497 e. The Labute approximate surface area is 141 Å². The molecule has 0 fully saturated rings. The number of hydrogen-bond acceptors (Lipinski definition) is 6. The molecule has 0 bridgehead atoms. The Balaban J connectivity index is 2.19. The fraction of sp³-hybridized carbons (Fsp3) is 0.353. The van der Waals surface area contributed by atoms with Crippen molar-refractivity contribution >= 4 is 17.4 Å². The van der Waals surface area contributed by atoms with Crippen LogP contribution in [0.3, 0.4) is 0 Å². The number of rotatable bonds is 7. The van der Waals surface area contributed by atoms with Gasteiger partial charge in [-0.25, -0.2) is 9.97 Å². The standard InChI is InChI=1S/C17H22N4O3/c1-5-11(2)20-16-9-14(18-10-19-16)17(22)21-13-8-12(23-3)6-7-15(13)24-4/h6-11H,5H2,1-4H3,(H,21,22)(H,18,19,20). The van der Waals surface area contributed by atoms with Gasteiger partial charge in [-0.1, -0.05) is 6.92 Å². The Morgan fingerprint density at radius 1 is 1.21 bits per heavy atom. The molecule has 0 spiro atoms. The Hall–Kier alpha value is -2.83. The summed E-state index contributed by atoms with van der Waals surface area (Å²) in [5.74, 6) is 1.42. The van der Waals surface area contributed by atoms with Crippen molar-refractivity contribution in [3.05, 3.63) is 36.3 Å². The number of methoxy groups -OCH3 is 2. The number of anilines is 2. The smallest absolute Gasteiger partial charge is 0.274 e. The highest BCUT2D eigenvalue weighted by molar-refractivity contribution is 6.04. The monoisotopic (exact) mass is 330 g/mol. The maximum Gasteiger partial charge on any atom is 0.274 e. The lowest BCUT2D eigenvalue weighted by molar-refractivity contribution is 0.102. The third kappa shape index (κ3) is 4.34. The first-order valence-electron chi connectivity index (χ1n) is 7.69. The van der Waals surface area contributed by atoms with Gasteiger partial charge in [-0.2, -0.15) is 0 Å². The first-order valence-corrected chi connectivity index (χ1v) is 7.69. The van der Waals surface area contributed by atoms with Crippen LogP contribution in [0, 0.1) is 0 Å². The molecule has 2 aromatic rings. The number of nitrogens with one attached hydrogen (secondary N) is 2. The average Bonchev–Trinajstić information content (AvgIpc) is 2.61. The van der Waals surface area contributed by atoms with Crippen LogP contribution < -0.4 is 20.1 Å². The zero-order valence-electron chi connectivity index (χ0n) is 14.3. The van der Waals surface area contributed by atoms with Crippen LogP contribution in [-0.4, -0.2) is 36.1 Å². The van der Waals surface area contributed by atoms with E-state index in [-0.39, 0.29) is 17.6 Å². The zero-order chi connectivity index (χ0) is 17.5. The summed E-state index contributed by atoms with van der Waals surface area (Å²) >= 11 is 0. The van der Waals surface area contributed by atoms with Gasteiger partial charge >= 0.3 is 0 Å². The van der Waals surface area contributed by atoms with Gasteiger partial charge in [0.15, 0.2) is 0 Å². The number of carbonyl (C=O) groups is 1. The third-order valence-corrected chi connectivity index (χ3v) is 3.56. The summed E-state index contributed by atoms with van der Waals surface area (Å²) in [5.41, 5.74) is 0.776. The van der Waals surface area contributed by atoms with Crippen molar-refractivity contribution in [2.45, 2.75) is 26.3 Å². The first kappa shape index (κ1) is 17.5. The molecule has 7 heteroatoms. The van der Waals surface area contributed by atoms with Crippen LogP contribution in [0.1, 0.15) is 30.8 Å². The van der Waals surface area contributed by atoms with Crippen LogP contribution in [0.25, 0.3) is 0 Å². The van der Waals surface area contributed by atoms with Crippen molar-refractivity contribution in [1.29, 1.82) is 0 Å². The summed E-state index contributed by atoms with van der Waals surface area (Å²) in [7, 11) is 3.10. The molecule has 0 radical (unpaired) electrons. The molecular formula is C17H22N4O3. The van der Waals surface area contributed by atoms with E-state index in [4.69, 9.17) is 9.47 Å². The number of amides is 1. The normalized spacial score (nSPS) is 11.5. The molecule has 1 amide bonds. The summed E-state index contributed by atoms with van der Waals surface area (Å²) < 4.78 is 10.4. The fourth-order valence-corrected chi connectivity index (χ4v) is 2.01. The van der Waals surface area contributed by atoms with Gasteiger partial charge in [0.2, 0.25) is 0 Å². The second-order valence-electron chi connectivity index (χ2n) is 5.26. The van der Waals surface area contributed by atoms with E-state index in [1.807, 2.05) is 6.92 Å². The number of ether oxygens (including phenoxy) is 2. The lowest BCUT2D eigenvalue weighted by atomic mass is 10.2. The minimum Gasteiger partial charge on any atom is -0.497 e. The average molecular weight is 330 g/mol. The van der Waals surface area contributed by atoms with Crippen molar-refractivity contribution in [3.63, 3.8) is 0 Å². The fourth-order valence-electron chi connectivity index (χ4n) is 2.01. The van der Waals surface area contributed by atoms with Crippen LogP contribution in [0.4, 0.5) is 11.5 Å². The molecule has 1 aromatic carbocycles. The van der Waals surface area contributed by atoms with E-state index in [1.165, 1.54) is 13.4 Å². The summed E-state index contributed by atoms with van der Waals surface area (Å²) in [6.07, 6.45) is 2.31. The highest BCUT2D eigenvalue weighted by Gasteiger charge is 2.13. The molecule has 2 N–H and O–H groups in total. The Kier molecular flexibility index (Phi) is 5.95. The van der Waals surface area contributed by atoms with Gasteiger partial charge < -0.3 is 20.1 Å². The van der Waals surface area contributed by atoms with Crippen LogP contribution in [0.15, 0.2) is 30.6 Å². The minimum atomic E-state index is -0.351. The Morgan fingerprint density at radius 3 is 2.67 bits per heavy atom. The molecular weight excluding hydrogens is 308 g/mol. The number of carbonyl (C=O) groups excluding carboxylic acids is 1. The van der Waals surface area contributed by atoms with E-state index < -0.39 is 0 Å². The summed E-state index contributed by atoms with van der Waals surface area (Å²) in [6, 6.07) is 7.05. The molecule has 0 saturated heterocycles. The number of nitrogens with zero attached hydrogens (tertiary/aromatic N) is 2. The molecule has 1 aromatic heterocycles. The van der Waals surface area contributed by atoms with Crippen LogP contribution >= 0.6 is 0 Å². The van der Waals surface area contributed by atoms with E-state index in [2.05, 4.69) is 27.5 Å². The maximum absolute atomic E-state index is 12.5. The maximum atomic E-state index is 12.5. The van der Waals surface area contributed by atoms with Gasteiger partial charge in [-0.05, 0) is 25.5 Å². The van der Waals surface area contributed by atoms with E-state index in [0.29, 0.717) is 23.0 Å². The lowest BCUT2D eigenvalue weighted by Crippen LogP contribution is -2.18. The molecule has 7 nitrogen and oxygen atoms in total. The molecule has 0 aliphatic heterocycles. The number of benzene rings is 1. The highest BCUT2D eigenvalue weighted by atomic mass is 16.5. The summed E-state index contributed by atoms with van der Waals surface area (Å²) in [5, 5.41) is 6.00. The van der Waals surface area contributed by atoms with Crippen molar-refractivity contribution in [3.8, 4) is 11.5 Å². The van der Waals surface area contributed by atoms with Gasteiger partial charge in [-0.3, -0.25) is 4.79 Å². The van der Waals surface area contributed by atoms with E-state index in [9.17, 15) is 4.79 Å². The molecule has 1 heterocycles. The quantitative estimate of drug-likeness (QED) is 0.812. The summed E-state index contributed by atoms with van der Waals surface area (Å²) in [6.45, 7) is 4.12. The Morgan fingerprint density at radius 2 is 2.00 bits per heavy atom. The van der Waals surface area contributed by atoms with Gasteiger partial charge in [0.25, 0.3) is 5.91 Å². The Bertz CT molecular complexity index is 706. The van der Waals surface area contributed by atoms with Gasteiger partial charge in [0.1, 0.15) is 29.3 Å². The van der Waals surface area contributed by atoms with Crippen LogP contribution in [-0.2, 0) is 0 Å². The zero-order valence-corrected chi connectivity index (χ0v) is 14.3. The molecule has 24 heavy (non-hydrogen) atoms. The van der Waals surface area contributed by atoms with E-state index >= 15 is 0 Å². The van der Waals surface area contributed by atoms with Crippen LogP contribution in [0.2, 0.25) is 0 Å². The predicted octanol–water partition coefficient (Wildman–Crippen LogP) is 2.96. The van der Waals surface area contributed by atoms with Crippen molar-refractivity contribution in [2.75, 3.05) is 24.9 Å². The lowest BCUT2D eigenvalue weighted by Gasteiger charge is -2.13. The molecule has 128 valence electrons. The topological polar surface area (TPSA) is 85.4 Å². The SMILES string of the molecule is CCC(C)Nc1cc(C(=O)Nc2cc(OC)ccc2OC)ncn1. The van der Waals surface area contributed by atoms with Crippen molar-refractivity contribution in [2.24, 2.45) is 0 Å². The second kappa shape index (κ2) is 8.14. The van der Waals surface area contributed by atoms with Crippen LogP contribution in [0.5, 0.6) is 11.5 Å². The number of aromatic nitrogens is 2. The van der Waals surface area contributed by atoms with Crippen molar-refractivity contribution in [1.82, 2.24) is 9.97 Å². The summed E-state index contributed by atoms with van der Waals surface area (Å²) in [4.78, 5) is 20.6. The molecule has 0 aliphatic rings. The molecule has 0 aliphatic carbocycles. The van der Waals surface area contributed by atoms with Gasteiger partial charge in [-0.15, -0.1) is 0 Å². The molecule has 0 saturated carbocycles. The highest BCUT2D eigenvalue weighted by Crippen LogP contribution is 2.29. The third-order valence-electron chi connectivity index (χ3n) is 3.56. The van der Waals surface area contributed by atoms with E-state index in [1.54, 1.807) is 31.4 Å². The predicted molar refractivity (Wildman–Crippen MR) is 92.9 cm³/mol. The van der Waals surface area contributed by atoms with E-state index in [0.717, 1.165) is 6.42 Å². The molecule has 1 atom stereocenters. The minimum absolute atomic E-state index is 0.259. The number of hydrogen-bond donors (Lipinski definition) is 2. The van der Waals surface area contributed by atoms with Crippen molar-refractivity contribution < 1.29 is 14.3 Å². The molecule has 1 unspecified atom stereocenters.